The average molecular weight is 397 g/mol. The highest BCUT2D eigenvalue weighted by atomic mass is 35.5. The van der Waals surface area contributed by atoms with E-state index in [1.54, 1.807) is 12.1 Å². The van der Waals surface area contributed by atoms with Crippen molar-refractivity contribution in [2.45, 2.75) is 39.5 Å². The van der Waals surface area contributed by atoms with Gasteiger partial charge in [-0.25, -0.2) is 4.39 Å². The minimum Gasteiger partial charge on any atom is -0.492 e. The minimum atomic E-state index is -0.438. The van der Waals surface area contributed by atoms with Gasteiger partial charge in [-0.15, -0.1) is 0 Å². The highest BCUT2D eigenvalue weighted by molar-refractivity contribution is 6.32. The Morgan fingerprint density at radius 2 is 1.39 bits per heavy atom. The number of aryl methyl sites for hydroxylation is 1. The lowest BCUT2D eigenvalue weighted by Crippen LogP contribution is -1.98. The number of hydrogen-bond acceptors (Lipinski definition) is 1. The van der Waals surface area contributed by atoms with E-state index in [2.05, 4.69) is 38.1 Å². The third kappa shape index (κ3) is 4.74. The Hall–Kier alpha value is -2.32. The van der Waals surface area contributed by atoms with Crippen LogP contribution >= 0.6 is 11.6 Å². The fraction of sp³-hybridized carbons (Fsp3) is 0.280. The third-order valence-corrected chi connectivity index (χ3v) is 5.18. The van der Waals surface area contributed by atoms with E-state index in [1.807, 2.05) is 24.3 Å². The zero-order valence-electron chi connectivity index (χ0n) is 16.5. The van der Waals surface area contributed by atoms with E-state index in [9.17, 15) is 4.39 Å². The third-order valence-electron chi connectivity index (χ3n) is 4.82. The van der Waals surface area contributed by atoms with Gasteiger partial charge in [0.2, 0.25) is 0 Å². The van der Waals surface area contributed by atoms with Gasteiger partial charge in [0.1, 0.15) is 10.8 Å². The molecule has 0 unspecified atom stereocenters. The first-order chi connectivity index (χ1) is 13.6. The summed E-state index contributed by atoms with van der Waals surface area (Å²) in [6.45, 7) is 4.81. The van der Waals surface area contributed by atoms with Crippen molar-refractivity contribution in [3.05, 3.63) is 77.1 Å². The number of halogens is 2. The van der Waals surface area contributed by atoms with Crippen molar-refractivity contribution in [2.24, 2.45) is 0 Å². The molecule has 0 fully saturated rings. The van der Waals surface area contributed by atoms with E-state index in [4.69, 9.17) is 16.3 Å². The molecule has 0 aliphatic heterocycles. The second kappa shape index (κ2) is 9.75. The monoisotopic (exact) mass is 396 g/mol. The van der Waals surface area contributed by atoms with Crippen molar-refractivity contribution in [2.75, 3.05) is 6.61 Å². The Kier molecular flexibility index (Phi) is 7.11. The Balaban J connectivity index is 1.80. The van der Waals surface area contributed by atoms with Crippen LogP contribution in [0, 0.1) is 5.82 Å². The highest BCUT2D eigenvalue weighted by Crippen LogP contribution is 2.35. The molecule has 3 heteroatoms. The van der Waals surface area contributed by atoms with Gasteiger partial charge in [-0.1, -0.05) is 86.8 Å². The second-order valence-electron chi connectivity index (χ2n) is 6.97. The molecular weight excluding hydrogens is 371 g/mol. The summed E-state index contributed by atoms with van der Waals surface area (Å²) >= 11 is 6.19. The molecular formula is C25H26ClFO. The Morgan fingerprint density at radius 3 is 2.00 bits per heavy atom. The van der Waals surface area contributed by atoms with Crippen LogP contribution in [-0.2, 0) is 6.42 Å². The molecule has 0 radical (unpaired) electrons. The van der Waals surface area contributed by atoms with Crippen LogP contribution in [0.5, 0.6) is 5.75 Å². The molecule has 3 aromatic carbocycles. The largest absolute Gasteiger partial charge is 0.492 e. The van der Waals surface area contributed by atoms with E-state index in [1.165, 1.54) is 5.56 Å². The van der Waals surface area contributed by atoms with Crippen molar-refractivity contribution in [3.8, 4) is 28.0 Å². The number of rotatable bonds is 8. The molecule has 0 bridgehead atoms. The Labute approximate surface area is 172 Å². The number of hydrogen-bond donors (Lipinski definition) is 0. The summed E-state index contributed by atoms with van der Waals surface area (Å²) < 4.78 is 20.4. The molecule has 3 aromatic rings. The first-order valence-corrected chi connectivity index (χ1v) is 10.3. The first-order valence-electron chi connectivity index (χ1n) is 9.94. The molecule has 0 saturated heterocycles. The fourth-order valence-corrected chi connectivity index (χ4v) is 3.41. The van der Waals surface area contributed by atoms with Crippen LogP contribution in [0.25, 0.3) is 22.3 Å². The van der Waals surface area contributed by atoms with Crippen LogP contribution < -0.4 is 4.74 Å². The average Bonchev–Trinajstić information content (AvgIpc) is 2.72. The van der Waals surface area contributed by atoms with Gasteiger partial charge in [-0.2, -0.15) is 0 Å². The van der Waals surface area contributed by atoms with Crippen LogP contribution in [0.3, 0.4) is 0 Å². The molecule has 0 saturated carbocycles. The molecule has 1 nitrogen and oxygen atoms in total. The first kappa shape index (κ1) is 20.4. The normalized spacial score (nSPS) is 10.9. The molecule has 0 aromatic heterocycles. The van der Waals surface area contributed by atoms with Crippen molar-refractivity contribution < 1.29 is 9.13 Å². The van der Waals surface area contributed by atoms with Crippen molar-refractivity contribution in [3.63, 3.8) is 0 Å². The molecule has 0 aliphatic carbocycles. The van der Waals surface area contributed by atoms with Gasteiger partial charge >= 0.3 is 0 Å². The molecule has 0 amide bonds. The molecule has 0 N–H and O–H groups in total. The number of benzene rings is 3. The van der Waals surface area contributed by atoms with E-state index in [0.717, 1.165) is 42.4 Å². The molecule has 0 aliphatic rings. The fourth-order valence-electron chi connectivity index (χ4n) is 3.19. The molecule has 28 heavy (non-hydrogen) atoms. The van der Waals surface area contributed by atoms with Crippen molar-refractivity contribution >= 4 is 11.6 Å². The summed E-state index contributed by atoms with van der Waals surface area (Å²) in [7, 11) is 0. The van der Waals surface area contributed by atoms with Gasteiger partial charge < -0.3 is 4.74 Å². The molecule has 0 spiro atoms. The van der Waals surface area contributed by atoms with Crippen LogP contribution in [-0.4, -0.2) is 6.61 Å². The smallest absolute Gasteiger partial charge is 0.153 e. The molecule has 0 atom stereocenters. The SMILES string of the molecule is CCCCOc1ccc(-c2ccc(-c3ccc(CCC)cc3)cc2)c(F)c1Cl. The van der Waals surface area contributed by atoms with Crippen LogP contribution in [0.1, 0.15) is 38.7 Å². The van der Waals surface area contributed by atoms with E-state index in [-0.39, 0.29) is 5.02 Å². The topological polar surface area (TPSA) is 9.23 Å². The zero-order valence-corrected chi connectivity index (χ0v) is 17.2. The summed E-state index contributed by atoms with van der Waals surface area (Å²) in [5, 5.41) is 0.0455. The van der Waals surface area contributed by atoms with E-state index in [0.29, 0.717) is 17.9 Å². The van der Waals surface area contributed by atoms with E-state index < -0.39 is 5.82 Å². The molecule has 3 rings (SSSR count). The van der Waals surface area contributed by atoms with Gasteiger partial charge in [0.05, 0.1) is 6.61 Å². The quantitative estimate of drug-likeness (QED) is 0.351. The van der Waals surface area contributed by atoms with E-state index >= 15 is 0 Å². The van der Waals surface area contributed by atoms with Crippen LogP contribution in [0.2, 0.25) is 5.02 Å². The van der Waals surface area contributed by atoms with Gasteiger partial charge in [-0.05, 0) is 47.2 Å². The Bertz CT molecular complexity index is 901. The summed E-state index contributed by atoms with van der Waals surface area (Å²) in [6.07, 6.45) is 4.18. The van der Waals surface area contributed by atoms with Crippen LogP contribution in [0.15, 0.2) is 60.7 Å². The summed E-state index contributed by atoms with van der Waals surface area (Å²) in [5.41, 5.74) is 4.90. The maximum Gasteiger partial charge on any atom is 0.153 e. The summed E-state index contributed by atoms with van der Waals surface area (Å²) in [5.74, 6) is -0.0347. The maximum atomic E-state index is 14.8. The Morgan fingerprint density at radius 1 is 0.786 bits per heavy atom. The lowest BCUT2D eigenvalue weighted by atomic mass is 9.98. The maximum absolute atomic E-state index is 14.8. The molecule has 146 valence electrons. The van der Waals surface area contributed by atoms with Gasteiger partial charge in [0.15, 0.2) is 5.82 Å². The predicted octanol–water partition coefficient (Wildman–Crippen LogP) is 7.94. The number of unbranched alkanes of at least 4 members (excludes halogenated alkanes) is 1. The highest BCUT2D eigenvalue weighted by Gasteiger charge is 2.14. The lowest BCUT2D eigenvalue weighted by molar-refractivity contribution is 0.308. The van der Waals surface area contributed by atoms with Crippen molar-refractivity contribution in [1.82, 2.24) is 0 Å². The zero-order chi connectivity index (χ0) is 19.9. The summed E-state index contributed by atoms with van der Waals surface area (Å²) in [4.78, 5) is 0. The lowest BCUT2D eigenvalue weighted by Gasteiger charge is -2.12. The second-order valence-corrected chi connectivity index (χ2v) is 7.34. The number of ether oxygens (including phenoxy) is 1. The standard InChI is InChI=1S/C25H26ClFO/c1-3-5-17-28-23-16-15-22(25(27)24(23)26)21-13-11-20(12-14-21)19-9-7-18(6-4-2)8-10-19/h7-16H,3-6,17H2,1-2H3. The van der Waals surface area contributed by atoms with Gasteiger partial charge in [-0.3, -0.25) is 0 Å². The summed E-state index contributed by atoms with van der Waals surface area (Å²) in [6, 6.07) is 20.0. The van der Waals surface area contributed by atoms with Gasteiger partial charge in [0, 0.05) is 5.56 Å². The van der Waals surface area contributed by atoms with Gasteiger partial charge in [0.25, 0.3) is 0 Å². The van der Waals surface area contributed by atoms with Crippen molar-refractivity contribution in [1.29, 1.82) is 0 Å². The molecule has 0 heterocycles. The predicted molar refractivity (Wildman–Crippen MR) is 117 cm³/mol. The minimum absolute atomic E-state index is 0.0455. The van der Waals surface area contributed by atoms with Crippen LogP contribution in [0.4, 0.5) is 4.39 Å².